The molecule has 0 atom stereocenters. The quantitative estimate of drug-likeness (QED) is 0.765. The summed E-state index contributed by atoms with van der Waals surface area (Å²) in [5.41, 5.74) is 1.07. The highest BCUT2D eigenvalue weighted by Crippen LogP contribution is 2.17. The lowest BCUT2D eigenvalue weighted by molar-refractivity contribution is 0.663. The molecular weight excluding hydrogens is 188 g/mol. The Morgan fingerprint density at radius 2 is 1.93 bits per heavy atom. The summed E-state index contributed by atoms with van der Waals surface area (Å²) in [6, 6.07) is 3.91. The Bertz CT molecular complexity index is 433. The van der Waals surface area contributed by atoms with Gasteiger partial charge in [-0.25, -0.2) is 0 Å². The number of aryl methyl sites for hydroxylation is 1. The first kappa shape index (κ1) is 9.83. The topological polar surface area (TPSA) is 43.6 Å². The van der Waals surface area contributed by atoms with Gasteiger partial charge in [-0.3, -0.25) is 4.98 Å². The molecule has 0 spiro atoms. The molecule has 0 fully saturated rings. The molecule has 0 aliphatic heterocycles. The van der Waals surface area contributed by atoms with Gasteiger partial charge in [0.2, 0.25) is 0 Å². The van der Waals surface area contributed by atoms with Gasteiger partial charge in [-0.1, -0.05) is 6.92 Å². The van der Waals surface area contributed by atoms with E-state index in [1.54, 1.807) is 12.4 Å². The van der Waals surface area contributed by atoms with Crippen molar-refractivity contribution in [3.05, 3.63) is 30.4 Å². The maximum Gasteiger partial charge on any atom is 0.164 e. The van der Waals surface area contributed by atoms with E-state index in [-0.39, 0.29) is 0 Å². The average molecular weight is 202 g/mol. The van der Waals surface area contributed by atoms with Gasteiger partial charge in [0.1, 0.15) is 5.82 Å². The van der Waals surface area contributed by atoms with Crippen LogP contribution in [0, 0.1) is 6.92 Å². The first-order valence-corrected chi connectivity index (χ1v) is 5.13. The van der Waals surface area contributed by atoms with E-state index in [0.717, 1.165) is 30.2 Å². The van der Waals surface area contributed by atoms with Gasteiger partial charge in [0.15, 0.2) is 5.82 Å². The maximum absolute atomic E-state index is 4.19. The van der Waals surface area contributed by atoms with Crippen LogP contribution in [0.2, 0.25) is 0 Å². The molecule has 2 heterocycles. The minimum Gasteiger partial charge on any atom is -0.311 e. The average Bonchev–Trinajstić information content (AvgIpc) is 2.63. The monoisotopic (exact) mass is 202 g/mol. The van der Waals surface area contributed by atoms with Gasteiger partial charge in [-0.2, -0.15) is 0 Å². The molecule has 0 unspecified atom stereocenters. The van der Waals surface area contributed by atoms with Crippen LogP contribution < -0.4 is 0 Å². The molecule has 78 valence electrons. The van der Waals surface area contributed by atoms with E-state index in [0.29, 0.717) is 0 Å². The molecule has 15 heavy (non-hydrogen) atoms. The van der Waals surface area contributed by atoms with Crippen LogP contribution in [0.3, 0.4) is 0 Å². The first-order chi connectivity index (χ1) is 7.33. The molecule has 2 aromatic rings. The van der Waals surface area contributed by atoms with E-state index in [4.69, 9.17) is 0 Å². The highest BCUT2D eigenvalue weighted by molar-refractivity contribution is 5.53. The largest absolute Gasteiger partial charge is 0.311 e. The van der Waals surface area contributed by atoms with Crippen LogP contribution >= 0.6 is 0 Å². The number of rotatable bonds is 3. The molecule has 0 N–H and O–H groups in total. The predicted molar refractivity (Wildman–Crippen MR) is 58.3 cm³/mol. The standard InChI is InChI=1S/C11H14N4/c1-3-8-15-9(2)13-14-11(15)10-4-6-12-7-5-10/h4-7H,3,8H2,1-2H3. The van der Waals surface area contributed by atoms with E-state index < -0.39 is 0 Å². The fraction of sp³-hybridized carbons (Fsp3) is 0.364. The van der Waals surface area contributed by atoms with Crippen LogP contribution in [0.15, 0.2) is 24.5 Å². The molecule has 4 heteroatoms. The second-order valence-corrected chi connectivity index (χ2v) is 3.46. The Morgan fingerprint density at radius 3 is 2.60 bits per heavy atom. The first-order valence-electron chi connectivity index (χ1n) is 5.13. The van der Waals surface area contributed by atoms with Crippen molar-refractivity contribution in [3.8, 4) is 11.4 Å². The third-order valence-corrected chi connectivity index (χ3v) is 2.32. The van der Waals surface area contributed by atoms with Crippen molar-refractivity contribution in [2.24, 2.45) is 0 Å². The molecular formula is C11H14N4. The molecule has 4 nitrogen and oxygen atoms in total. The fourth-order valence-electron chi connectivity index (χ4n) is 1.59. The van der Waals surface area contributed by atoms with Crippen LogP contribution in [0.4, 0.5) is 0 Å². The van der Waals surface area contributed by atoms with Gasteiger partial charge in [-0.15, -0.1) is 10.2 Å². The normalized spacial score (nSPS) is 10.5. The zero-order chi connectivity index (χ0) is 10.7. The van der Waals surface area contributed by atoms with Crippen molar-refractivity contribution < 1.29 is 0 Å². The fourth-order valence-corrected chi connectivity index (χ4v) is 1.59. The second-order valence-electron chi connectivity index (χ2n) is 3.46. The molecule has 2 rings (SSSR count). The van der Waals surface area contributed by atoms with E-state index in [9.17, 15) is 0 Å². The van der Waals surface area contributed by atoms with Crippen molar-refractivity contribution in [2.45, 2.75) is 26.8 Å². The highest BCUT2D eigenvalue weighted by atomic mass is 15.3. The maximum atomic E-state index is 4.19. The van der Waals surface area contributed by atoms with Crippen molar-refractivity contribution in [1.29, 1.82) is 0 Å². The zero-order valence-corrected chi connectivity index (χ0v) is 9.01. The van der Waals surface area contributed by atoms with E-state index in [1.165, 1.54) is 0 Å². The summed E-state index contributed by atoms with van der Waals surface area (Å²) >= 11 is 0. The lowest BCUT2D eigenvalue weighted by Gasteiger charge is -2.06. The molecule has 2 aromatic heterocycles. The molecule has 0 aromatic carbocycles. The molecule has 0 saturated carbocycles. The molecule has 0 saturated heterocycles. The summed E-state index contributed by atoms with van der Waals surface area (Å²) in [6.45, 7) is 5.08. The van der Waals surface area contributed by atoms with Crippen LogP contribution in [0.5, 0.6) is 0 Å². The van der Waals surface area contributed by atoms with Gasteiger partial charge >= 0.3 is 0 Å². The van der Waals surface area contributed by atoms with Crippen LogP contribution in [-0.2, 0) is 6.54 Å². The third kappa shape index (κ3) is 1.88. The van der Waals surface area contributed by atoms with E-state index in [2.05, 4.69) is 26.7 Å². The minimum atomic E-state index is 0.928. The predicted octanol–water partition coefficient (Wildman–Crippen LogP) is 2.06. The molecule has 0 aliphatic rings. The van der Waals surface area contributed by atoms with Crippen molar-refractivity contribution in [2.75, 3.05) is 0 Å². The van der Waals surface area contributed by atoms with E-state index in [1.807, 2.05) is 19.1 Å². The SMILES string of the molecule is CCCn1c(C)nnc1-c1ccncc1. The second kappa shape index (κ2) is 4.21. The van der Waals surface area contributed by atoms with Gasteiger partial charge in [0.05, 0.1) is 0 Å². The molecule has 0 bridgehead atoms. The van der Waals surface area contributed by atoms with Gasteiger partial charge in [0.25, 0.3) is 0 Å². The third-order valence-electron chi connectivity index (χ3n) is 2.32. The van der Waals surface area contributed by atoms with Crippen molar-refractivity contribution in [3.63, 3.8) is 0 Å². The zero-order valence-electron chi connectivity index (χ0n) is 9.01. The summed E-state index contributed by atoms with van der Waals surface area (Å²) in [7, 11) is 0. The smallest absolute Gasteiger partial charge is 0.164 e. The number of pyridine rings is 1. The summed E-state index contributed by atoms with van der Waals surface area (Å²) in [4.78, 5) is 4.00. The lowest BCUT2D eigenvalue weighted by Crippen LogP contribution is -2.01. The summed E-state index contributed by atoms with van der Waals surface area (Å²) < 4.78 is 2.13. The highest BCUT2D eigenvalue weighted by Gasteiger charge is 2.09. The number of nitrogens with zero attached hydrogens (tertiary/aromatic N) is 4. The van der Waals surface area contributed by atoms with Crippen LogP contribution in [-0.4, -0.2) is 19.7 Å². The molecule has 0 radical (unpaired) electrons. The summed E-state index contributed by atoms with van der Waals surface area (Å²) in [5.74, 6) is 1.89. The van der Waals surface area contributed by atoms with Crippen molar-refractivity contribution in [1.82, 2.24) is 19.7 Å². The minimum absolute atomic E-state index is 0.928. The summed E-state index contributed by atoms with van der Waals surface area (Å²) in [6.07, 6.45) is 4.63. The van der Waals surface area contributed by atoms with Gasteiger partial charge in [0, 0.05) is 24.5 Å². The van der Waals surface area contributed by atoms with Crippen LogP contribution in [0.25, 0.3) is 11.4 Å². The Labute approximate surface area is 89.0 Å². The summed E-state index contributed by atoms with van der Waals surface area (Å²) in [5, 5.41) is 8.29. The Hall–Kier alpha value is -1.71. The lowest BCUT2D eigenvalue weighted by atomic mass is 10.2. The number of aromatic nitrogens is 4. The van der Waals surface area contributed by atoms with Gasteiger partial charge in [-0.05, 0) is 25.5 Å². The van der Waals surface area contributed by atoms with Crippen molar-refractivity contribution >= 4 is 0 Å². The molecule has 0 aliphatic carbocycles. The Balaban J connectivity index is 2.44. The Kier molecular flexibility index (Phi) is 2.76. The van der Waals surface area contributed by atoms with Crippen LogP contribution in [0.1, 0.15) is 19.2 Å². The molecule has 0 amide bonds. The van der Waals surface area contributed by atoms with E-state index >= 15 is 0 Å². The number of hydrogen-bond donors (Lipinski definition) is 0. The van der Waals surface area contributed by atoms with Gasteiger partial charge < -0.3 is 4.57 Å². The Morgan fingerprint density at radius 1 is 1.20 bits per heavy atom. The number of hydrogen-bond acceptors (Lipinski definition) is 3.